The molecular weight excluding hydrogens is 316 g/mol. The average Bonchev–Trinajstić information content (AvgIpc) is 3.01. The molecule has 0 radical (unpaired) electrons. The van der Waals surface area contributed by atoms with Gasteiger partial charge in [-0.15, -0.1) is 5.10 Å². The van der Waals surface area contributed by atoms with Crippen molar-refractivity contribution >= 4 is 11.8 Å². The number of hydrogen-bond acceptors (Lipinski definition) is 4. The molecule has 0 aromatic carbocycles. The van der Waals surface area contributed by atoms with Gasteiger partial charge in [-0.3, -0.25) is 5.32 Å². The lowest BCUT2D eigenvalue weighted by Gasteiger charge is -2.64. The largest absolute Gasteiger partial charge is 0.381 e. The Bertz CT molecular complexity index is 682. The van der Waals surface area contributed by atoms with Crippen LogP contribution in [-0.4, -0.2) is 46.9 Å². The summed E-state index contributed by atoms with van der Waals surface area (Å²) in [5, 5.41) is 11.5. The van der Waals surface area contributed by atoms with Crippen LogP contribution in [0.1, 0.15) is 49.8 Å². The van der Waals surface area contributed by atoms with Crippen LogP contribution in [0.5, 0.6) is 0 Å². The van der Waals surface area contributed by atoms with Crippen LogP contribution in [0.4, 0.5) is 10.6 Å². The van der Waals surface area contributed by atoms with E-state index in [9.17, 15) is 4.79 Å². The molecule has 1 aromatic heterocycles. The van der Waals surface area contributed by atoms with Crippen LogP contribution in [0, 0.1) is 11.3 Å². The second kappa shape index (κ2) is 5.94. The number of rotatable bonds is 2. The van der Waals surface area contributed by atoms with Crippen molar-refractivity contribution in [2.24, 2.45) is 11.3 Å². The second-order valence-corrected chi connectivity index (χ2v) is 8.22. The number of carbonyl (C=O) groups excluding carboxylic acids is 1. The zero-order chi connectivity index (χ0) is 16.9. The minimum Gasteiger partial charge on any atom is -0.381 e. The van der Waals surface area contributed by atoms with Gasteiger partial charge in [0.05, 0.1) is 5.69 Å². The van der Waals surface area contributed by atoms with Crippen molar-refractivity contribution in [3.63, 3.8) is 0 Å². The van der Waals surface area contributed by atoms with Crippen LogP contribution in [0.3, 0.4) is 0 Å². The van der Waals surface area contributed by atoms with Gasteiger partial charge in [-0.2, -0.15) is 5.10 Å². The Morgan fingerprint density at radius 1 is 1.20 bits per heavy atom. The number of fused-ring (bicyclic) bond motifs is 1. The van der Waals surface area contributed by atoms with Crippen LogP contribution in [0.25, 0.3) is 0 Å². The predicted molar refractivity (Wildman–Crippen MR) is 93.4 cm³/mol. The summed E-state index contributed by atoms with van der Waals surface area (Å²) < 4.78 is 5.53. The van der Waals surface area contributed by atoms with Crippen LogP contribution in [0.15, 0.2) is 6.07 Å². The van der Waals surface area contributed by atoms with Crippen molar-refractivity contribution in [3.8, 4) is 0 Å². The van der Waals surface area contributed by atoms with E-state index in [1.807, 2.05) is 6.07 Å². The summed E-state index contributed by atoms with van der Waals surface area (Å²) in [5.74, 6) is 1.19. The first kappa shape index (κ1) is 15.6. The molecule has 0 unspecified atom stereocenters. The van der Waals surface area contributed by atoms with E-state index in [0.29, 0.717) is 23.2 Å². The Balaban J connectivity index is 1.31. The van der Waals surface area contributed by atoms with Gasteiger partial charge in [0, 0.05) is 31.2 Å². The summed E-state index contributed by atoms with van der Waals surface area (Å²) in [4.78, 5) is 15.0. The van der Waals surface area contributed by atoms with Crippen LogP contribution < -0.4 is 5.32 Å². The molecule has 3 fully saturated rings. The molecule has 2 aliphatic heterocycles. The third-order valence-electron chi connectivity index (χ3n) is 6.83. The van der Waals surface area contributed by atoms with E-state index in [1.54, 1.807) is 0 Å². The SMILES string of the molecule is O=C(Nc1cc2c(nn1)CCC2)N1CC2(CCC2)[C@@H]1C1CCOCC1. The molecule has 6 nitrogen and oxygen atoms in total. The smallest absolute Gasteiger partial charge is 0.323 e. The Hall–Kier alpha value is -1.69. The number of likely N-dealkylation sites (tertiary alicyclic amines) is 1. The van der Waals surface area contributed by atoms with Crippen molar-refractivity contribution in [3.05, 3.63) is 17.3 Å². The van der Waals surface area contributed by atoms with Crippen LogP contribution in [0.2, 0.25) is 0 Å². The molecule has 2 aliphatic carbocycles. The number of hydrogen-bond donors (Lipinski definition) is 1. The minimum absolute atomic E-state index is 0.00117. The number of urea groups is 1. The van der Waals surface area contributed by atoms with E-state index in [1.165, 1.54) is 24.8 Å². The minimum atomic E-state index is 0.00117. The van der Waals surface area contributed by atoms with Gasteiger partial charge in [0.1, 0.15) is 0 Å². The highest BCUT2D eigenvalue weighted by Crippen LogP contribution is 2.56. The summed E-state index contributed by atoms with van der Waals surface area (Å²) in [6, 6.07) is 2.39. The standard InChI is InChI=1S/C19H26N4O2/c24-18(20-16-11-14-3-1-4-15(14)21-22-16)23-12-19(7-2-8-19)17(23)13-5-9-25-10-6-13/h11,13,17H,1-10,12H2,(H,20,22,24)/t17-/m0/s1. The molecular formula is C19H26N4O2. The Morgan fingerprint density at radius 2 is 2.04 bits per heavy atom. The molecule has 4 aliphatic rings. The lowest BCUT2D eigenvalue weighted by molar-refractivity contribution is -0.135. The monoisotopic (exact) mass is 342 g/mol. The Morgan fingerprint density at radius 3 is 2.80 bits per heavy atom. The van der Waals surface area contributed by atoms with Crippen LogP contribution >= 0.6 is 0 Å². The normalized spacial score (nSPS) is 27.5. The number of amides is 2. The number of nitrogens with one attached hydrogen (secondary N) is 1. The van der Waals surface area contributed by atoms with E-state index < -0.39 is 0 Å². The molecule has 2 saturated heterocycles. The van der Waals surface area contributed by atoms with E-state index in [0.717, 1.165) is 57.6 Å². The highest BCUT2D eigenvalue weighted by molar-refractivity contribution is 5.89. The molecule has 1 aromatic rings. The van der Waals surface area contributed by atoms with Gasteiger partial charge >= 0.3 is 6.03 Å². The lowest BCUT2D eigenvalue weighted by Crippen LogP contribution is -2.72. The fourth-order valence-corrected chi connectivity index (χ4v) is 5.39. The molecule has 6 heteroatoms. The molecule has 5 rings (SSSR count). The zero-order valence-electron chi connectivity index (χ0n) is 14.7. The fourth-order valence-electron chi connectivity index (χ4n) is 5.39. The van der Waals surface area contributed by atoms with Gasteiger partial charge in [0.15, 0.2) is 5.82 Å². The molecule has 0 bridgehead atoms. The highest BCUT2D eigenvalue weighted by Gasteiger charge is 2.59. The highest BCUT2D eigenvalue weighted by atomic mass is 16.5. The topological polar surface area (TPSA) is 67.4 Å². The van der Waals surface area contributed by atoms with Crippen molar-refractivity contribution in [2.45, 2.75) is 57.4 Å². The third-order valence-corrected chi connectivity index (χ3v) is 6.83. The van der Waals surface area contributed by atoms with Crippen molar-refractivity contribution < 1.29 is 9.53 Å². The van der Waals surface area contributed by atoms with Gasteiger partial charge in [-0.1, -0.05) is 6.42 Å². The summed E-state index contributed by atoms with van der Waals surface area (Å²) >= 11 is 0. The fraction of sp³-hybridized carbons (Fsp3) is 0.737. The summed E-state index contributed by atoms with van der Waals surface area (Å²) in [7, 11) is 0. The van der Waals surface area contributed by atoms with Crippen molar-refractivity contribution in [1.82, 2.24) is 15.1 Å². The molecule has 25 heavy (non-hydrogen) atoms. The molecule has 2 amide bonds. The number of ether oxygens (including phenoxy) is 1. The number of nitrogens with zero attached hydrogens (tertiary/aromatic N) is 3. The summed E-state index contributed by atoms with van der Waals surface area (Å²) in [5.41, 5.74) is 2.73. The third kappa shape index (κ3) is 2.53. The van der Waals surface area contributed by atoms with E-state index in [2.05, 4.69) is 20.4 Å². The predicted octanol–water partition coefficient (Wildman–Crippen LogP) is 2.78. The number of aromatic nitrogens is 2. The van der Waals surface area contributed by atoms with Crippen molar-refractivity contribution in [2.75, 3.05) is 25.1 Å². The van der Waals surface area contributed by atoms with E-state index in [-0.39, 0.29) is 6.03 Å². The lowest BCUT2D eigenvalue weighted by atomic mass is 9.54. The van der Waals surface area contributed by atoms with Crippen LogP contribution in [-0.2, 0) is 17.6 Å². The summed E-state index contributed by atoms with van der Waals surface area (Å²) in [6.07, 6.45) is 9.22. The zero-order valence-corrected chi connectivity index (χ0v) is 14.7. The van der Waals surface area contributed by atoms with Gasteiger partial charge in [0.25, 0.3) is 0 Å². The molecule has 1 atom stereocenters. The van der Waals surface area contributed by atoms with Crippen molar-refractivity contribution in [1.29, 1.82) is 0 Å². The molecule has 1 spiro atoms. The van der Waals surface area contributed by atoms with Gasteiger partial charge in [-0.25, -0.2) is 4.79 Å². The van der Waals surface area contributed by atoms with Gasteiger partial charge in [0.2, 0.25) is 0 Å². The van der Waals surface area contributed by atoms with E-state index >= 15 is 0 Å². The molecule has 134 valence electrons. The number of carbonyl (C=O) groups is 1. The maximum atomic E-state index is 12.9. The molecule has 1 saturated carbocycles. The number of aryl methyl sites for hydroxylation is 2. The quantitative estimate of drug-likeness (QED) is 0.897. The average molecular weight is 342 g/mol. The first-order valence-electron chi connectivity index (χ1n) is 9.76. The maximum absolute atomic E-state index is 12.9. The molecule has 3 heterocycles. The van der Waals surface area contributed by atoms with E-state index in [4.69, 9.17) is 4.74 Å². The summed E-state index contributed by atoms with van der Waals surface area (Å²) in [6.45, 7) is 2.57. The first-order chi connectivity index (χ1) is 12.3. The first-order valence-corrected chi connectivity index (χ1v) is 9.76. The molecule has 1 N–H and O–H groups in total. The maximum Gasteiger partial charge on any atom is 0.323 e. The van der Waals surface area contributed by atoms with Gasteiger partial charge in [-0.05, 0) is 62.5 Å². The number of anilines is 1. The second-order valence-electron chi connectivity index (χ2n) is 8.22. The Labute approximate surface area is 148 Å². The Kier molecular flexibility index (Phi) is 3.69. The van der Waals surface area contributed by atoms with Gasteiger partial charge < -0.3 is 9.64 Å².